The summed E-state index contributed by atoms with van der Waals surface area (Å²) >= 11 is 0. The molecule has 1 aromatic heterocycles. The number of hydrogen-bond acceptors (Lipinski definition) is 2. The van der Waals surface area contributed by atoms with Crippen LogP contribution in [-0.4, -0.2) is 9.78 Å². The van der Waals surface area contributed by atoms with Gasteiger partial charge in [-0.15, -0.1) is 0 Å². The lowest BCUT2D eigenvalue weighted by atomic mass is 10.1. The Kier molecular flexibility index (Phi) is 3.18. The number of benzene rings is 1. The average molecular weight is 230 g/mol. The molecule has 0 atom stereocenters. The molecule has 0 fully saturated rings. The van der Waals surface area contributed by atoms with Gasteiger partial charge in [0.05, 0.1) is 11.4 Å². The lowest BCUT2D eigenvalue weighted by Gasteiger charge is -2.10. The van der Waals surface area contributed by atoms with Crippen LogP contribution in [0.5, 0.6) is 5.75 Å². The van der Waals surface area contributed by atoms with E-state index in [1.165, 1.54) is 11.1 Å². The topological polar surface area (TPSA) is 27.1 Å². The summed E-state index contributed by atoms with van der Waals surface area (Å²) < 4.78 is 7.70. The highest BCUT2D eigenvalue weighted by Gasteiger charge is 2.05. The van der Waals surface area contributed by atoms with E-state index in [1.807, 2.05) is 36.9 Å². The van der Waals surface area contributed by atoms with E-state index in [0.717, 1.165) is 17.1 Å². The van der Waals surface area contributed by atoms with Crippen LogP contribution in [0.3, 0.4) is 0 Å². The number of ether oxygens (including phenoxy) is 1. The van der Waals surface area contributed by atoms with Gasteiger partial charge in [0.1, 0.15) is 12.4 Å². The van der Waals surface area contributed by atoms with Crippen molar-refractivity contribution in [2.75, 3.05) is 0 Å². The lowest BCUT2D eigenvalue weighted by Crippen LogP contribution is -2.04. The molecule has 0 aliphatic rings. The molecule has 1 heterocycles. The summed E-state index contributed by atoms with van der Waals surface area (Å²) in [7, 11) is 1.94. The first kappa shape index (κ1) is 11.7. The molecule has 1 aromatic carbocycles. The molecule has 0 aliphatic heterocycles. The Morgan fingerprint density at radius 3 is 2.65 bits per heavy atom. The molecule has 0 saturated heterocycles. The molecule has 3 heteroatoms. The molecule has 0 radical (unpaired) electrons. The Hall–Kier alpha value is -1.77. The monoisotopic (exact) mass is 230 g/mol. The molecule has 3 nitrogen and oxygen atoms in total. The maximum absolute atomic E-state index is 5.84. The van der Waals surface area contributed by atoms with Crippen LogP contribution in [0.2, 0.25) is 0 Å². The van der Waals surface area contributed by atoms with Gasteiger partial charge in [0.15, 0.2) is 0 Å². The summed E-state index contributed by atoms with van der Waals surface area (Å²) in [5.74, 6) is 0.948. The molecule has 0 saturated carbocycles. The van der Waals surface area contributed by atoms with Gasteiger partial charge in [-0.25, -0.2) is 0 Å². The molecule has 0 aliphatic carbocycles. The van der Waals surface area contributed by atoms with E-state index in [0.29, 0.717) is 6.61 Å². The van der Waals surface area contributed by atoms with Crippen molar-refractivity contribution >= 4 is 0 Å². The quantitative estimate of drug-likeness (QED) is 0.810. The lowest BCUT2D eigenvalue weighted by molar-refractivity contribution is 0.292. The third-order valence-corrected chi connectivity index (χ3v) is 3.03. The minimum absolute atomic E-state index is 0.557. The molecule has 0 amide bonds. The van der Waals surface area contributed by atoms with Crippen LogP contribution in [0.15, 0.2) is 24.3 Å². The Morgan fingerprint density at radius 1 is 1.24 bits per heavy atom. The first-order valence-corrected chi connectivity index (χ1v) is 5.76. The van der Waals surface area contributed by atoms with Crippen molar-refractivity contribution in [1.82, 2.24) is 9.78 Å². The van der Waals surface area contributed by atoms with Gasteiger partial charge in [-0.2, -0.15) is 5.10 Å². The van der Waals surface area contributed by atoms with Crippen LogP contribution in [-0.2, 0) is 13.7 Å². The second-order valence-corrected chi connectivity index (χ2v) is 4.39. The van der Waals surface area contributed by atoms with E-state index in [4.69, 9.17) is 4.74 Å². The standard InChI is InChI=1S/C14H18N2O/c1-10-6-5-7-14(12(10)3)17-9-13-8-11(2)15-16(13)4/h5-8H,9H2,1-4H3. The molecule has 0 bridgehead atoms. The van der Waals surface area contributed by atoms with Gasteiger partial charge < -0.3 is 4.74 Å². The smallest absolute Gasteiger partial charge is 0.130 e. The van der Waals surface area contributed by atoms with Crippen LogP contribution < -0.4 is 4.74 Å². The van der Waals surface area contributed by atoms with Crippen molar-refractivity contribution in [3.05, 3.63) is 46.8 Å². The third kappa shape index (κ3) is 2.49. The van der Waals surface area contributed by atoms with Crippen LogP contribution >= 0.6 is 0 Å². The fraction of sp³-hybridized carbons (Fsp3) is 0.357. The highest BCUT2D eigenvalue weighted by molar-refractivity contribution is 5.38. The molecule has 2 aromatic rings. The summed E-state index contributed by atoms with van der Waals surface area (Å²) in [4.78, 5) is 0. The minimum Gasteiger partial charge on any atom is -0.487 e. The van der Waals surface area contributed by atoms with Gasteiger partial charge in [0.25, 0.3) is 0 Å². The number of rotatable bonds is 3. The zero-order valence-corrected chi connectivity index (χ0v) is 10.8. The van der Waals surface area contributed by atoms with Crippen molar-refractivity contribution in [2.24, 2.45) is 7.05 Å². The van der Waals surface area contributed by atoms with E-state index in [-0.39, 0.29) is 0 Å². The largest absolute Gasteiger partial charge is 0.487 e. The summed E-state index contributed by atoms with van der Waals surface area (Å²) in [5.41, 5.74) is 4.56. The van der Waals surface area contributed by atoms with E-state index in [1.54, 1.807) is 0 Å². The number of aromatic nitrogens is 2. The van der Waals surface area contributed by atoms with Crippen molar-refractivity contribution in [2.45, 2.75) is 27.4 Å². The van der Waals surface area contributed by atoms with Crippen LogP contribution in [0.4, 0.5) is 0 Å². The highest BCUT2D eigenvalue weighted by atomic mass is 16.5. The molecule has 0 unspecified atom stereocenters. The normalized spacial score (nSPS) is 10.6. The fourth-order valence-electron chi connectivity index (χ4n) is 1.83. The SMILES string of the molecule is Cc1cc(COc2cccc(C)c2C)n(C)n1. The summed E-state index contributed by atoms with van der Waals surface area (Å²) in [6.07, 6.45) is 0. The third-order valence-electron chi connectivity index (χ3n) is 3.03. The molecular formula is C14H18N2O. The van der Waals surface area contributed by atoms with E-state index in [2.05, 4.69) is 25.0 Å². The number of nitrogens with zero attached hydrogens (tertiary/aromatic N) is 2. The van der Waals surface area contributed by atoms with Crippen molar-refractivity contribution in [1.29, 1.82) is 0 Å². The van der Waals surface area contributed by atoms with Crippen LogP contribution in [0.1, 0.15) is 22.5 Å². The van der Waals surface area contributed by atoms with E-state index < -0.39 is 0 Å². The van der Waals surface area contributed by atoms with Gasteiger partial charge in [-0.1, -0.05) is 12.1 Å². The average Bonchev–Trinajstić information content (AvgIpc) is 2.60. The van der Waals surface area contributed by atoms with Crippen molar-refractivity contribution in [3.63, 3.8) is 0 Å². The van der Waals surface area contributed by atoms with Crippen LogP contribution in [0, 0.1) is 20.8 Å². The number of hydrogen-bond donors (Lipinski definition) is 0. The molecule has 0 N–H and O–H groups in total. The van der Waals surface area contributed by atoms with Gasteiger partial charge >= 0.3 is 0 Å². The minimum atomic E-state index is 0.557. The maximum atomic E-state index is 5.84. The Balaban J connectivity index is 2.12. The second-order valence-electron chi connectivity index (χ2n) is 4.39. The van der Waals surface area contributed by atoms with Gasteiger partial charge in [0, 0.05) is 7.05 Å². The zero-order chi connectivity index (χ0) is 12.4. The van der Waals surface area contributed by atoms with Gasteiger partial charge in [-0.3, -0.25) is 4.68 Å². The highest BCUT2D eigenvalue weighted by Crippen LogP contribution is 2.21. The molecule has 90 valence electrons. The molecule has 17 heavy (non-hydrogen) atoms. The number of aryl methyl sites for hydroxylation is 3. The summed E-state index contributed by atoms with van der Waals surface area (Å²) in [5, 5.41) is 4.30. The Bertz CT molecular complexity index is 529. The first-order chi connectivity index (χ1) is 8.08. The maximum Gasteiger partial charge on any atom is 0.130 e. The second kappa shape index (κ2) is 4.62. The Morgan fingerprint density at radius 2 is 2.00 bits per heavy atom. The Labute approximate surface area is 102 Å². The zero-order valence-electron chi connectivity index (χ0n) is 10.8. The summed E-state index contributed by atoms with van der Waals surface area (Å²) in [6.45, 7) is 6.72. The molecular weight excluding hydrogens is 212 g/mol. The molecule has 0 spiro atoms. The van der Waals surface area contributed by atoms with Crippen molar-refractivity contribution in [3.8, 4) is 5.75 Å². The van der Waals surface area contributed by atoms with E-state index >= 15 is 0 Å². The van der Waals surface area contributed by atoms with E-state index in [9.17, 15) is 0 Å². The van der Waals surface area contributed by atoms with Gasteiger partial charge in [0.2, 0.25) is 0 Å². The van der Waals surface area contributed by atoms with Crippen LogP contribution in [0.25, 0.3) is 0 Å². The first-order valence-electron chi connectivity index (χ1n) is 5.76. The van der Waals surface area contributed by atoms with Crippen molar-refractivity contribution < 1.29 is 4.74 Å². The fourth-order valence-corrected chi connectivity index (χ4v) is 1.83. The predicted molar refractivity (Wildman–Crippen MR) is 68.2 cm³/mol. The molecule has 2 rings (SSSR count). The predicted octanol–water partition coefficient (Wildman–Crippen LogP) is 2.92. The van der Waals surface area contributed by atoms with Gasteiger partial charge in [-0.05, 0) is 44.0 Å². The summed E-state index contributed by atoms with van der Waals surface area (Å²) in [6, 6.07) is 8.17.